The summed E-state index contributed by atoms with van der Waals surface area (Å²) in [5.41, 5.74) is 4.54. The van der Waals surface area contributed by atoms with E-state index in [4.69, 9.17) is 4.42 Å². The number of nitrogens with zero attached hydrogens (tertiary/aromatic N) is 2. The van der Waals surface area contributed by atoms with Crippen LogP contribution >= 0.6 is 0 Å². The summed E-state index contributed by atoms with van der Waals surface area (Å²) in [5.74, 6) is 1.60. The second kappa shape index (κ2) is 6.65. The van der Waals surface area contributed by atoms with Crippen molar-refractivity contribution in [3.05, 3.63) is 65.5 Å². The van der Waals surface area contributed by atoms with Crippen molar-refractivity contribution in [3.8, 4) is 11.5 Å². The standard InChI is InChI=1S/C19H21N3O/c1-13(2)16-6-4-5-7-17(16)20-12-18-21-22-19(23-18)15-10-8-14(3)9-11-15/h4-11,13,20H,12H2,1-3H3. The van der Waals surface area contributed by atoms with E-state index < -0.39 is 0 Å². The van der Waals surface area contributed by atoms with Crippen molar-refractivity contribution in [1.82, 2.24) is 10.2 Å². The van der Waals surface area contributed by atoms with E-state index in [2.05, 4.69) is 54.5 Å². The quantitative estimate of drug-likeness (QED) is 0.737. The summed E-state index contributed by atoms with van der Waals surface area (Å²) in [7, 11) is 0. The first-order valence-corrected chi connectivity index (χ1v) is 7.85. The van der Waals surface area contributed by atoms with Gasteiger partial charge in [0.2, 0.25) is 11.8 Å². The first-order valence-electron chi connectivity index (χ1n) is 7.85. The normalized spacial score (nSPS) is 11.0. The van der Waals surface area contributed by atoms with E-state index in [1.807, 2.05) is 30.3 Å². The first-order chi connectivity index (χ1) is 11.1. The van der Waals surface area contributed by atoms with Crippen molar-refractivity contribution < 1.29 is 4.42 Å². The Bertz CT molecular complexity index is 775. The summed E-state index contributed by atoms with van der Waals surface area (Å²) in [6, 6.07) is 16.4. The monoisotopic (exact) mass is 307 g/mol. The Balaban J connectivity index is 1.72. The van der Waals surface area contributed by atoms with Gasteiger partial charge >= 0.3 is 0 Å². The molecular weight excluding hydrogens is 286 g/mol. The molecule has 1 N–H and O–H groups in total. The molecule has 0 saturated heterocycles. The van der Waals surface area contributed by atoms with Crippen LogP contribution in [0.15, 0.2) is 52.9 Å². The third-order valence-electron chi connectivity index (χ3n) is 3.78. The highest BCUT2D eigenvalue weighted by molar-refractivity contribution is 5.54. The molecule has 3 rings (SSSR count). The van der Waals surface area contributed by atoms with Crippen LogP contribution < -0.4 is 5.32 Å². The molecule has 0 aliphatic heterocycles. The van der Waals surface area contributed by atoms with Crippen LogP contribution in [0.2, 0.25) is 0 Å². The molecule has 1 heterocycles. The van der Waals surface area contributed by atoms with Gasteiger partial charge in [-0.05, 0) is 36.6 Å². The molecule has 0 unspecified atom stereocenters. The molecule has 0 aliphatic carbocycles. The van der Waals surface area contributed by atoms with E-state index >= 15 is 0 Å². The molecule has 4 nitrogen and oxygen atoms in total. The second-order valence-corrected chi connectivity index (χ2v) is 5.96. The maximum Gasteiger partial charge on any atom is 0.247 e. The number of hydrogen-bond acceptors (Lipinski definition) is 4. The van der Waals surface area contributed by atoms with E-state index in [1.165, 1.54) is 11.1 Å². The van der Waals surface area contributed by atoms with Gasteiger partial charge in [-0.3, -0.25) is 0 Å². The van der Waals surface area contributed by atoms with Crippen molar-refractivity contribution in [2.75, 3.05) is 5.32 Å². The van der Waals surface area contributed by atoms with Crippen LogP contribution in [0.1, 0.15) is 36.8 Å². The van der Waals surface area contributed by atoms with Crippen molar-refractivity contribution in [3.63, 3.8) is 0 Å². The number of aromatic nitrogens is 2. The third kappa shape index (κ3) is 3.59. The van der Waals surface area contributed by atoms with Crippen molar-refractivity contribution in [2.24, 2.45) is 0 Å². The molecule has 1 aromatic heterocycles. The number of hydrogen-bond donors (Lipinski definition) is 1. The lowest BCUT2D eigenvalue weighted by molar-refractivity contribution is 0.515. The number of aryl methyl sites for hydroxylation is 1. The molecule has 0 aliphatic rings. The smallest absolute Gasteiger partial charge is 0.247 e. The second-order valence-electron chi connectivity index (χ2n) is 5.96. The predicted molar refractivity (Wildman–Crippen MR) is 92.3 cm³/mol. The van der Waals surface area contributed by atoms with E-state index in [0.29, 0.717) is 24.2 Å². The fraction of sp³-hybridized carbons (Fsp3) is 0.263. The van der Waals surface area contributed by atoms with Crippen LogP contribution in [-0.2, 0) is 6.54 Å². The zero-order valence-electron chi connectivity index (χ0n) is 13.7. The van der Waals surface area contributed by atoms with Gasteiger partial charge in [0.05, 0.1) is 6.54 Å². The van der Waals surface area contributed by atoms with Crippen LogP contribution in [0.3, 0.4) is 0 Å². The average molecular weight is 307 g/mol. The molecule has 118 valence electrons. The van der Waals surface area contributed by atoms with Crippen LogP contribution in [0, 0.1) is 6.92 Å². The van der Waals surface area contributed by atoms with Crippen molar-refractivity contribution >= 4 is 5.69 Å². The SMILES string of the molecule is Cc1ccc(-c2nnc(CNc3ccccc3C(C)C)o2)cc1. The largest absolute Gasteiger partial charge is 0.419 e. The Labute approximate surface area is 136 Å². The van der Waals surface area contributed by atoms with Crippen LogP contribution in [0.25, 0.3) is 11.5 Å². The van der Waals surface area contributed by atoms with Gasteiger partial charge in [0.25, 0.3) is 0 Å². The molecule has 0 amide bonds. The number of anilines is 1. The lowest BCUT2D eigenvalue weighted by Gasteiger charge is -2.13. The van der Waals surface area contributed by atoms with Gasteiger partial charge < -0.3 is 9.73 Å². The molecular formula is C19H21N3O. The van der Waals surface area contributed by atoms with Crippen LogP contribution in [0.5, 0.6) is 0 Å². The lowest BCUT2D eigenvalue weighted by atomic mass is 10.0. The molecule has 0 spiro atoms. The zero-order chi connectivity index (χ0) is 16.2. The number of rotatable bonds is 5. The average Bonchev–Trinajstić information content (AvgIpc) is 3.03. The highest BCUT2D eigenvalue weighted by Crippen LogP contribution is 2.24. The van der Waals surface area contributed by atoms with Crippen LogP contribution in [-0.4, -0.2) is 10.2 Å². The summed E-state index contributed by atoms with van der Waals surface area (Å²) in [6.45, 7) is 6.94. The van der Waals surface area contributed by atoms with E-state index in [0.717, 1.165) is 11.3 Å². The Kier molecular flexibility index (Phi) is 4.42. The van der Waals surface area contributed by atoms with Crippen molar-refractivity contribution in [2.45, 2.75) is 33.2 Å². The van der Waals surface area contributed by atoms with E-state index in [9.17, 15) is 0 Å². The number of nitrogens with one attached hydrogen (secondary N) is 1. The van der Waals surface area contributed by atoms with Gasteiger partial charge in [0.1, 0.15) is 0 Å². The molecule has 3 aromatic rings. The maximum atomic E-state index is 5.75. The summed E-state index contributed by atoms with van der Waals surface area (Å²) < 4.78 is 5.75. The summed E-state index contributed by atoms with van der Waals surface area (Å²) >= 11 is 0. The van der Waals surface area contributed by atoms with Gasteiger partial charge in [-0.15, -0.1) is 10.2 Å². The molecule has 23 heavy (non-hydrogen) atoms. The Morgan fingerprint density at radius 2 is 1.74 bits per heavy atom. The fourth-order valence-electron chi connectivity index (χ4n) is 2.47. The van der Waals surface area contributed by atoms with Gasteiger partial charge in [0, 0.05) is 11.3 Å². The van der Waals surface area contributed by atoms with Crippen LogP contribution in [0.4, 0.5) is 5.69 Å². The molecule has 0 radical (unpaired) electrons. The highest BCUT2D eigenvalue weighted by Gasteiger charge is 2.10. The topological polar surface area (TPSA) is 51.0 Å². The van der Waals surface area contributed by atoms with E-state index in [1.54, 1.807) is 0 Å². The van der Waals surface area contributed by atoms with E-state index in [-0.39, 0.29) is 0 Å². The maximum absolute atomic E-state index is 5.75. The predicted octanol–water partition coefficient (Wildman–Crippen LogP) is 4.78. The van der Waals surface area contributed by atoms with Crippen molar-refractivity contribution in [1.29, 1.82) is 0 Å². The van der Waals surface area contributed by atoms with Gasteiger partial charge in [-0.2, -0.15) is 0 Å². The fourth-order valence-corrected chi connectivity index (χ4v) is 2.47. The summed E-state index contributed by atoms with van der Waals surface area (Å²) in [4.78, 5) is 0. The molecule has 0 atom stereocenters. The molecule has 0 fully saturated rings. The zero-order valence-corrected chi connectivity index (χ0v) is 13.7. The number of para-hydroxylation sites is 1. The molecule has 4 heteroatoms. The number of benzene rings is 2. The summed E-state index contributed by atoms with van der Waals surface area (Å²) in [6.07, 6.45) is 0. The Morgan fingerprint density at radius 1 is 1.00 bits per heavy atom. The minimum Gasteiger partial charge on any atom is -0.419 e. The molecule has 0 saturated carbocycles. The van der Waals surface area contributed by atoms with Gasteiger partial charge in [0.15, 0.2) is 0 Å². The minimum absolute atomic E-state index is 0.463. The third-order valence-corrected chi connectivity index (χ3v) is 3.78. The molecule has 0 bridgehead atoms. The molecule has 2 aromatic carbocycles. The highest BCUT2D eigenvalue weighted by atomic mass is 16.4. The Hall–Kier alpha value is -2.62. The summed E-state index contributed by atoms with van der Waals surface area (Å²) in [5, 5.41) is 11.6. The lowest BCUT2D eigenvalue weighted by Crippen LogP contribution is -2.03. The van der Waals surface area contributed by atoms with Gasteiger partial charge in [-0.25, -0.2) is 0 Å². The Morgan fingerprint density at radius 3 is 2.48 bits per heavy atom. The van der Waals surface area contributed by atoms with Gasteiger partial charge in [-0.1, -0.05) is 49.7 Å². The first kappa shape index (κ1) is 15.3. The minimum atomic E-state index is 0.463.